The minimum absolute atomic E-state index is 0.109. The van der Waals surface area contributed by atoms with Crippen LogP contribution in [0.5, 0.6) is 5.75 Å². The highest BCUT2D eigenvalue weighted by atomic mass is 79.9. The van der Waals surface area contributed by atoms with E-state index in [-0.39, 0.29) is 16.1 Å². The Morgan fingerprint density at radius 2 is 2.00 bits per heavy atom. The summed E-state index contributed by atoms with van der Waals surface area (Å²) >= 11 is 3.60. The lowest BCUT2D eigenvalue weighted by Crippen LogP contribution is -2.09. The molecule has 0 spiro atoms. The van der Waals surface area contributed by atoms with E-state index >= 15 is 0 Å². The van der Waals surface area contributed by atoms with E-state index in [1.807, 2.05) is 0 Å². The lowest BCUT2D eigenvalue weighted by molar-refractivity contribution is 0.367. The van der Waals surface area contributed by atoms with Crippen LogP contribution in [0.1, 0.15) is 37.6 Å². The second-order valence-electron chi connectivity index (χ2n) is 5.12. The van der Waals surface area contributed by atoms with Crippen LogP contribution in [0.2, 0.25) is 0 Å². The number of alkyl halides is 1. The fourth-order valence-corrected chi connectivity index (χ4v) is 2.93. The van der Waals surface area contributed by atoms with Gasteiger partial charge in [0.1, 0.15) is 11.6 Å². The molecule has 90 valence electrons. The zero-order chi connectivity index (χ0) is 12.3. The van der Waals surface area contributed by atoms with Crippen molar-refractivity contribution in [2.24, 2.45) is 5.41 Å². The van der Waals surface area contributed by atoms with Gasteiger partial charge in [-0.15, -0.1) is 0 Å². The highest BCUT2D eigenvalue weighted by Gasteiger charge is 2.21. The third-order valence-electron chi connectivity index (χ3n) is 2.32. The molecule has 16 heavy (non-hydrogen) atoms. The summed E-state index contributed by atoms with van der Waals surface area (Å²) < 4.78 is 18.4. The number of ether oxygens (including phenoxy) is 1. The van der Waals surface area contributed by atoms with Gasteiger partial charge in [0.25, 0.3) is 0 Å². The topological polar surface area (TPSA) is 9.23 Å². The molecule has 0 radical (unpaired) electrons. The summed E-state index contributed by atoms with van der Waals surface area (Å²) in [6.45, 7) is 6.48. The Morgan fingerprint density at radius 3 is 2.50 bits per heavy atom. The van der Waals surface area contributed by atoms with Crippen LogP contribution in [0, 0.1) is 11.2 Å². The van der Waals surface area contributed by atoms with E-state index in [1.54, 1.807) is 13.2 Å². The molecule has 1 aromatic carbocycles. The summed E-state index contributed by atoms with van der Waals surface area (Å²) in [5, 5.41) is 0. The molecule has 0 aliphatic rings. The zero-order valence-electron chi connectivity index (χ0n) is 10.2. The Hall–Kier alpha value is -0.570. The predicted molar refractivity (Wildman–Crippen MR) is 68.7 cm³/mol. The molecule has 3 heteroatoms. The smallest absolute Gasteiger partial charge is 0.123 e. The molecule has 0 aromatic heterocycles. The van der Waals surface area contributed by atoms with Crippen LogP contribution in [-0.2, 0) is 0 Å². The molecular weight excluding hydrogens is 271 g/mol. The van der Waals surface area contributed by atoms with Crippen molar-refractivity contribution in [2.45, 2.75) is 32.0 Å². The second-order valence-corrected chi connectivity index (χ2v) is 6.22. The maximum absolute atomic E-state index is 13.2. The Labute approximate surface area is 105 Å². The molecule has 0 saturated heterocycles. The quantitative estimate of drug-likeness (QED) is 0.732. The summed E-state index contributed by atoms with van der Waals surface area (Å²) in [5.41, 5.74) is 1.06. The molecule has 1 unspecified atom stereocenters. The predicted octanol–water partition coefficient (Wildman–Crippen LogP) is 4.71. The third kappa shape index (κ3) is 3.78. The van der Waals surface area contributed by atoms with Gasteiger partial charge < -0.3 is 4.74 Å². The monoisotopic (exact) mass is 288 g/mol. The van der Waals surface area contributed by atoms with Gasteiger partial charge in [-0.2, -0.15) is 0 Å². The molecule has 1 aromatic rings. The molecule has 0 fully saturated rings. The number of methoxy groups -OCH3 is 1. The molecule has 1 rings (SSSR count). The number of benzene rings is 1. The average Bonchev–Trinajstić information content (AvgIpc) is 2.15. The highest BCUT2D eigenvalue weighted by molar-refractivity contribution is 9.09. The van der Waals surface area contributed by atoms with Gasteiger partial charge in [0, 0.05) is 10.4 Å². The largest absolute Gasteiger partial charge is 0.496 e. The third-order valence-corrected chi connectivity index (χ3v) is 3.14. The molecule has 0 saturated carbocycles. The first-order valence-corrected chi connectivity index (χ1v) is 6.22. The molecular formula is C13H18BrFO. The van der Waals surface area contributed by atoms with Crippen LogP contribution in [0.4, 0.5) is 4.39 Å². The van der Waals surface area contributed by atoms with Gasteiger partial charge in [-0.3, -0.25) is 0 Å². The van der Waals surface area contributed by atoms with Crippen molar-refractivity contribution >= 4 is 15.9 Å². The van der Waals surface area contributed by atoms with Gasteiger partial charge in [0.15, 0.2) is 0 Å². The van der Waals surface area contributed by atoms with Crippen molar-refractivity contribution in [1.29, 1.82) is 0 Å². The maximum atomic E-state index is 13.2. The number of hydrogen-bond donors (Lipinski definition) is 0. The standard InChI is InChI=1S/C13H18BrFO/c1-13(2,3)8-11(14)10-7-9(15)5-6-12(10)16-4/h5-7,11H,8H2,1-4H3. The van der Waals surface area contributed by atoms with Gasteiger partial charge in [-0.1, -0.05) is 36.7 Å². The summed E-state index contributed by atoms with van der Waals surface area (Å²) in [5.74, 6) is 0.502. The van der Waals surface area contributed by atoms with E-state index in [9.17, 15) is 4.39 Å². The van der Waals surface area contributed by atoms with E-state index in [2.05, 4.69) is 36.7 Å². The van der Waals surface area contributed by atoms with Gasteiger partial charge >= 0.3 is 0 Å². The average molecular weight is 289 g/mol. The lowest BCUT2D eigenvalue weighted by Gasteiger charge is -2.23. The first kappa shape index (κ1) is 13.5. The van der Waals surface area contributed by atoms with E-state index in [1.165, 1.54) is 12.1 Å². The number of rotatable bonds is 3. The minimum atomic E-state index is -0.228. The summed E-state index contributed by atoms with van der Waals surface area (Å²) in [6, 6.07) is 4.62. The molecule has 1 atom stereocenters. The molecule has 0 aliphatic heterocycles. The molecule has 1 nitrogen and oxygen atoms in total. The van der Waals surface area contributed by atoms with Gasteiger partial charge in [0.2, 0.25) is 0 Å². The first-order valence-electron chi connectivity index (χ1n) is 5.31. The van der Waals surface area contributed by atoms with Crippen molar-refractivity contribution in [3.05, 3.63) is 29.6 Å². The number of halogens is 2. The minimum Gasteiger partial charge on any atom is -0.496 e. The first-order chi connectivity index (χ1) is 7.33. The number of hydrogen-bond acceptors (Lipinski definition) is 1. The Balaban J connectivity index is 2.97. The highest BCUT2D eigenvalue weighted by Crippen LogP contribution is 2.39. The fourth-order valence-electron chi connectivity index (χ4n) is 1.60. The molecule has 0 heterocycles. The van der Waals surface area contributed by atoms with Gasteiger partial charge in [0.05, 0.1) is 7.11 Å². The molecule has 0 aliphatic carbocycles. The second kappa shape index (κ2) is 5.17. The molecule has 0 amide bonds. The van der Waals surface area contributed by atoms with Crippen LogP contribution in [-0.4, -0.2) is 7.11 Å². The summed E-state index contributed by atoms with van der Waals surface area (Å²) in [7, 11) is 1.60. The summed E-state index contributed by atoms with van der Waals surface area (Å²) in [4.78, 5) is 0.109. The van der Waals surface area contributed by atoms with Crippen molar-refractivity contribution in [3.8, 4) is 5.75 Å². The van der Waals surface area contributed by atoms with E-state index in [0.717, 1.165) is 17.7 Å². The van der Waals surface area contributed by atoms with E-state index < -0.39 is 0 Å². The SMILES string of the molecule is COc1ccc(F)cc1C(Br)CC(C)(C)C. The van der Waals surface area contributed by atoms with Crippen molar-refractivity contribution < 1.29 is 9.13 Å². The van der Waals surface area contributed by atoms with Crippen molar-refractivity contribution in [3.63, 3.8) is 0 Å². The molecule has 0 bridgehead atoms. The fraction of sp³-hybridized carbons (Fsp3) is 0.538. The van der Waals surface area contributed by atoms with Crippen LogP contribution in [0.25, 0.3) is 0 Å². The van der Waals surface area contributed by atoms with E-state index in [4.69, 9.17) is 4.74 Å². The van der Waals surface area contributed by atoms with Crippen LogP contribution >= 0.6 is 15.9 Å². The Morgan fingerprint density at radius 1 is 1.38 bits per heavy atom. The van der Waals surface area contributed by atoms with Gasteiger partial charge in [-0.25, -0.2) is 4.39 Å². The van der Waals surface area contributed by atoms with E-state index in [0.29, 0.717) is 0 Å². The lowest BCUT2D eigenvalue weighted by atomic mass is 9.88. The van der Waals surface area contributed by atoms with Gasteiger partial charge in [-0.05, 0) is 30.0 Å². The molecule has 0 N–H and O–H groups in total. The summed E-state index contributed by atoms with van der Waals surface area (Å²) in [6.07, 6.45) is 0.923. The van der Waals surface area contributed by atoms with Crippen LogP contribution in [0.15, 0.2) is 18.2 Å². The normalized spacial score (nSPS) is 13.6. The van der Waals surface area contributed by atoms with Crippen LogP contribution in [0.3, 0.4) is 0 Å². The van der Waals surface area contributed by atoms with Crippen LogP contribution < -0.4 is 4.74 Å². The Bertz CT molecular complexity index is 357. The van der Waals surface area contributed by atoms with Crippen molar-refractivity contribution in [2.75, 3.05) is 7.11 Å². The Kier molecular flexibility index (Phi) is 4.36. The zero-order valence-corrected chi connectivity index (χ0v) is 11.8. The maximum Gasteiger partial charge on any atom is 0.123 e. The van der Waals surface area contributed by atoms with Crippen molar-refractivity contribution in [1.82, 2.24) is 0 Å².